The van der Waals surface area contributed by atoms with Crippen LogP contribution >= 0.6 is 0 Å². The van der Waals surface area contributed by atoms with Gasteiger partial charge >= 0.3 is 6.09 Å². The Hall–Kier alpha value is -3.67. The molecule has 1 aromatic carbocycles. The van der Waals surface area contributed by atoms with E-state index in [9.17, 15) is 18.8 Å². The first-order chi connectivity index (χ1) is 20.3. The van der Waals surface area contributed by atoms with Crippen molar-refractivity contribution in [3.05, 3.63) is 41.5 Å². The van der Waals surface area contributed by atoms with Crippen molar-refractivity contribution in [1.82, 2.24) is 14.7 Å². The van der Waals surface area contributed by atoms with E-state index in [-0.39, 0.29) is 42.7 Å². The van der Waals surface area contributed by atoms with Crippen LogP contribution in [0, 0.1) is 17.7 Å². The number of hydrogen-bond acceptors (Lipinski definition) is 8. The van der Waals surface area contributed by atoms with E-state index in [1.165, 1.54) is 22.0 Å². The van der Waals surface area contributed by atoms with Gasteiger partial charge in [-0.25, -0.2) is 14.2 Å². The van der Waals surface area contributed by atoms with E-state index in [1.54, 1.807) is 49.6 Å². The largest absolute Gasteiger partial charge is 0.444 e. The van der Waals surface area contributed by atoms with Crippen LogP contribution < -0.4 is 10.7 Å². The third-order valence-corrected chi connectivity index (χ3v) is 7.37. The second-order valence-electron chi connectivity index (χ2n) is 12.4. The van der Waals surface area contributed by atoms with Crippen LogP contribution in [0.2, 0.25) is 0 Å². The van der Waals surface area contributed by atoms with Crippen molar-refractivity contribution >= 4 is 30.3 Å². The number of para-hydroxylation sites is 1. The number of hydrogen-bond donors (Lipinski definition) is 1. The number of halogens is 1. The molecule has 2 N–H and O–H groups in total. The monoisotopic (exact) mass is 602 g/mol. The minimum absolute atomic E-state index is 0.0484. The van der Waals surface area contributed by atoms with Gasteiger partial charge in [-0.1, -0.05) is 32.9 Å². The molecule has 2 atom stereocenters. The number of nitrogens with two attached hydrogens (primary N) is 1. The van der Waals surface area contributed by atoms with Gasteiger partial charge in [-0.2, -0.15) is 5.10 Å². The van der Waals surface area contributed by atoms with E-state index in [0.29, 0.717) is 45.0 Å². The number of morpholine rings is 1. The van der Waals surface area contributed by atoms with Gasteiger partial charge in [-0.15, -0.1) is 0 Å². The highest BCUT2D eigenvalue weighted by molar-refractivity contribution is 5.94. The summed E-state index contributed by atoms with van der Waals surface area (Å²) in [5.41, 5.74) is 6.11. The van der Waals surface area contributed by atoms with Crippen molar-refractivity contribution in [2.24, 2.45) is 22.7 Å². The van der Waals surface area contributed by atoms with Gasteiger partial charge in [0.25, 0.3) is 5.91 Å². The SMILES string of the molecule is C=NN(/C(CC)=C(\N)C(=O)N(CC(C)C)[C@H]1C[C@@H](C(=O)N2CCOCC2)CN(C(=O)OC(C)(C)C)C1)c1ccccc1F. The quantitative estimate of drug-likeness (QED) is 0.259. The van der Waals surface area contributed by atoms with E-state index in [2.05, 4.69) is 11.8 Å². The van der Waals surface area contributed by atoms with Gasteiger partial charge in [0.1, 0.15) is 22.8 Å². The van der Waals surface area contributed by atoms with Crippen LogP contribution in [-0.4, -0.2) is 96.9 Å². The first-order valence-corrected chi connectivity index (χ1v) is 14.9. The normalized spacial score (nSPS) is 19.9. The zero-order valence-corrected chi connectivity index (χ0v) is 26.3. The van der Waals surface area contributed by atoms with Crippen LogP contribution in [0.15, 0.2) is 40.8 Å². The predicted molar refractivity (Wildman–Crippen MR) is 164 cm³/mol. The molecule has 3 rings (SSSR count). The van der Waals surface area contributed by atoms with Crippen LogP contribution in [0.4, 0.5) is 14.9 Å². The maximum atomic E-state index is 14.7. The van der Waals surface area contributed by atoms with Gasteiger partial charge in [0.05, 0.1) is 30.9 Å². The fourth-order valence-electron chi connectivity index (χ4n) is 5.45. The molecule has 11 nitrogen and oxygen atoms in total. The molecular weight excluding hydrogens is 555 g/mol. The Bertz CT molecular complexity index is 1190. The number of piperidine rings is 1. The van der Waals surface area contributed by atoms with Crippen LogP contribution in [0.25, 0.3) is 0 Å². The number of amides is 3. The van der Waals surface area contributed by atoms with Crippen molar-refractivity contribution in [2.75, 3.05) is 50.9 Å². The first kappa shape index (κ1) is 33.8. The Morgan fingerprint density at radius 3 is 2.37 bits per heavy atom. The summed E-state index contributed by atoms with van der Waals surface area (Å²) in [6, 6.07) is 5.52. The molecule has 2 heterocycles. The van der Waals surface area contributed by atoms with Crippen LogP contribution in [-0.2, 0) is 19.1 Å². The highest BCUT2D eigenvalue weighted by atomic mass is 19.1. The highest BCUT2D eigenvalue weighted by Crippen LogP contribution is 2.29. The molecule has 43 heavy (non-hydrogen) atoms. The lowest BCUT2D eigenvalue weighted by Gasteiger charge is -2.44. The molecule has 0 spiro atoms. The minimum Gasteiger partial charge on any atom is -0.444 e. The third kappa shape index (κ3) is 8.68. The topological polar surface area (TPSA) is 121 Å². The number of anilines is 1. The van der Waals surface area contributed by atoms with E-state index >= 15 is 0 Å². The Labute approximate surface area is 254 Å². The Balaban J connectivity index is 2.01. The summed E-state index contributed by atoms with van der Waals surface area (Å²) in [7, 11) is 0. The summed E-state index contributed by atoms with van der Waals surface area (Å²) >= 11 is 0. The molecule has 2 fully saturated rings. The van der Waals surface area contributed by atoms with E-state index in [0.717, 1.165) is 0 Å². The predicted octanol–water partition coefficient (Wildman–Crippen LogP) is 3.80. The van der Waals surface area contributed by atoms with Gasteiger partial charge in [-0.05, 0) is 51.7 Å². The number of likely N-dealkylation sites (tertiary alicyclic amines) is 1. The summed E-state index contributed by atoms with van der Waals surface area (Å²) in [6.07, 6.45) is 0.0699. The van der Waals surface area contributed by atoms with Gasteiger partial charge in [0.15, 0.2) is 0 Å². The number of allylic oxidation sites excluding steroid dienone is 1. The van der Waals surface area contributed by atoms with Crippen molar-refractivity contribution in [3.8, 4) is 0 Å². The number of carbonyl (C=O) groups is 3. The molecule has 12 heteroatoms. The lowest BCUT2D eigenvalue weighted by molar-refractivity contribution is -0.144. The van der Waals surface area contributed by atoms with Gasteiger partial charge in [0, 0.05) is 39.4 Å². The Morgan fingerprint density at radius 2 is 1.81 bits per heavy atom. The lowest BCUT2D eigenvalue weighted by atomic mass is 9.91. The highest BCUT2D eigenvalue weighted by Gasteiger charge is 2.41. The molecule has 0 saturated carbocycles. The average molecular weight is 603 g/mol. The Kier molecular flexibility index (Phi) is 11.5. The molecule has 2 aliphatic heterocycles. The standard InChI is InChI=1S/C31H47FN6O5/c1-8-25(38(34-7)26-12-10-9-11-24(26)32)27(33)29(40)37(18-21(2)3)23-17-22(28(39)35-13-15-42-16-14-35)19-36(20-23)30(41)43-31(4,5)6/h9-12,21-23H,7-8,13-20,33H2,1-6H3/b27-25-/t22-,23+/m1/s1. The third-order valence-electron chi connectivity index (χ3n) is 7.37. The van der Waals surface area contributed by atoms with E-state index < -0.39 is 35.4 Å². The molecule has 0 aromatic heterocycles. The first-order valence-electron chi connectivity index (χ1n) is 14.9. The molecule has 1 aromatic rings. The van der Waals surface area contributed by atoms with Gasteiger partial charge in [0.2, 0.25) is 5.91 Å². The summed E-state index contributed by atoms with van der Waals surface area (Å²) in [6.45, 7) is 17.2. The average Bonchev–Trinajstić information content (AvgIpc) is 2.97. The van der Waals surface area contributed by atoms with Crippen LogP contribution in [0.3, 0.4) is 0 Å². The molecular formula is C31H47FN6O5. The number of rotatable bonds is 9. The smallest absolute Gasteiger partial charge is 0.410 e. The van der Waals surface area contributed by atoms with Crippen molar-refractivity contribution in [3.63, 3.8) is 0 Å². The summed E-state index contributed by atoms with van der Waals surface area (Å²) in [5.74, 6) is -1.60. The molecule has 238 valence electrons. The summed E-state index contributed by atoms with van der Waals surface area (Å²) in [4.78, 5) is 46.1. The number of carbonyl (C=O) groups excluding carboxylic acids is 3. The minimum atomic E-state index is -0.738. The molecule has 2 saturated heterocycles. The maximum Gasteiger partial charge on any atom is 0.410 e. The van der Waals surface area contributed by atoms with Crippen LogP contribution in [0.5, 0.6) is 0 Å². The molecule has 0 radical (unpaired) electrons. The van der Waals surface area contributed by atoms with Crippen molar-refractivity contribution in [2.45, 2.75) is 66.0 Å². The van der Waals surface area contributed by atoms with Gasteiger partial charge < -0.3 is 29.9 Å². The molecule has 0 bridgehead atoms. The number of benzene rings is 1. The second kappa shape index (κ2) is 14.7. The zero-order chi connectivity index (χ0) is 31.9. The van der Waals surface area contributed by atoms with Gasteiger partial charge in [-0.3, -0.25) is 9.59 Å². The fourth-order valence-corrected chi connectivity index (χ4v) is 5.45. The molecule has 0 aliphatic carbocycles. The summed E-state index contributed by atoms with van der Waals surface area (Å²) in [5, 5.41) is 5.23. The maximum absolute atomic E-state index is 14.7. The summed E-state index contributed by atoms with van der Waals surface area (Å²) < 4.78 is 25.8. The number of hydrazone groups is 1. The number of ether oxygens (including phenoxy) is 2. The van der Waals surface area contributed by atoms with E-state index in [1.807, 2.05) is 13.8 Å². The van der Waals surface area contributed by atoms with Crippen molar-refractivity contribution < 1.29 is 28.2 Å². The van der Waals surface area contributed by atoms with Crippen LogP contribution in [0.1, 0.15) is 54.4 Å². The Morgan fingerprint density at radius 1 is 1.16 bits per heavy atom. The lowest BCUT2D eigenvalue weighted by Crippen LogP contribution is -2.59. The zero-order valence-electron chi connectivity index (χ0n) is 26.3. The number of nitrogens with zero attached hydrogens (tertiary/aromatic N) is 5. The second-order valence-corrected chi connectivity index (χ2v) is 12.4. The molecule has 0 unspecified atom stereocenters. The molecule has 2 aliphatic rings. The molecule has 3 amide bonds. The van der Waals surface area contributed by atoms with Crippen molar-refractivity contribution in [1.29, 1.82) is 0 Å². The van der Waals surface area contributed by atoms with E-state index in [4.69, 9.17) is 15.2 Å². The fraction of sp³-hybridized carbons (Fsp3) is 0.613.